The molecule has 0 atom stereocenters. The molecule has 1 saturated carbocycles. The predicted molar refractivity (Wildman–Crippen MR) is 72.0 cm³/mol. The SMILES string of the molecule is CC1(C)CCCN1C(=O)NCC1(C(=O)O)CCCC1. The molecule has 0 aromatic heterocycles. The lowest BCUT2D eigenvalue weighted by atomic mass is 9.86. The van der Waals surface area contributed by atoms with E-state index in [9.17, 15) is 14.7 Å². The fourth-order valence-corrected chi connectivity index (χ4v) is 3.34. The number of nitrogens with zero attached hydrogens (tertiary/aromatic N) is 1. The largest absolute Gasteiger partial charge is 0.481 e. The highest BCUT2D eigenvalue weighted by Crippen LogP contribution is 2.38. The molecule has 1 saturated heterocycles. The third-order valence-electron chi connectivity index (χ3n) is 4.74. The first kappa shape index (κ1) is 14.2. The second kappa shape index (κ2) is 5.02. The minimum absolute atomic E-state index is 0.115. The molecular weight excluding hydrogens is 244 g/mol. The second-order valence-corrected chi connectivity index (χ2v) is 6.52. The van der Waals surface area contributed by atoms with Crippen LogP contribution >= 0.6 is 0 Å². The molecule has 2 aliphatic rings. The van der Waals surface area contributed by atoms with Crippen LogP contribution in [0.5, 0.6) is 0 Å². The fourth-order valence-electron chi connectivity index (χ4n) is 3.34. The van der Waals surface area contributed by atoms with Crippen molar-refractivity contribution in [1.29, 1.82) is 0 Å². The number of hydrogen-bond donors (Lipinski definition) is 2. The number of amides is 2. The Morgan fingerprint density at radius 2 is 1.79 bits per heavy atom. The summed E-state index contributed by atoms with van der Waals surface area (Å²) in [4.78, 5) is 25.5. The summed E-state index contributed by atoms with van der Waals surface area (Å²) in [7, 11) is 0. The molecule has 1 aliphatic carbocycles. The smallest absolute Gasteiger partial charge is 0.317 e. The van der Waals surface area contributed by atoms with Gasteiger partial charge in [-0.2, -0.15) is 0 Å². The van der Waals surface area contributed by atoms with E-state index < -0.39 is 11.4 Å². The van der Waals surface area contributed by atoms with Crippen LogP contribution in [0.25, 0.3) is 0 Å². The predicted octanol–water partition coefficient (Wildman–Crippen LogP) is 2.22. The minimum atomic E-state index is -0.772. The second-order valence-electron chi connectivity index (χ2n) is 6.52. The van der Waals surface area contributed by atoms with Gasteiger partial charge in [0.05, 0.1) is 5.41 Å². The Kier molecular flexibility index (Phi) is 3.74. The molecular formula is C14H24N2O3. The third-order valence-corrected chi connectivity index (χ3v) is 4.74. The summed E-state index contributed by atoms with van der Waals surface area (Å²) >= 11 is 0. The molecule has 1 heterocycles. The van der Waals surface area contributed by atoms with Crippen LogP contribution in [0.3, 0.4) is 0 Å². The van der Waals surface area contributed by atoms with Crippen LogP contribution in [-0.4, -0.2) is 40.6 Å². The lowest BCUT2D eigenvalue weighted by Gasteiger charge is -2.33. The van der Waals surface area contributed by atoms with Crippen LogP contribution in [0.1, 0.15) is 52.4 Å². The Labute approximate surface area is 114 Å². The summed E-state index contributed by atoms with van der Waals surface area (Å²) in [6, 6.07) is -0.116. The number of carbonyl (C=O) groups is 2. The van der Waals surface area contributed by atoms with E-state index in [4.69, 9.17) is 0 Å². The molecule has 5 nitrogen and oxygen atoms in total. The summed E-state index contributed by atoms with van der Waals surface area (Å²) in [5.41, 5.74) is -0.852. The summed E-state index contributed by atoms with van der Waals surface area (Å²) in [6.07, 6.45) is 5.25. The maximum atomic E-state index is 12.2. The molecule has 1 aliphatic heterocycles. The van der Waals surface area contributed by atoms with Gasteiger partial charge < -0.3 is 15.3 Å². The number of likely N-dealkylation sites (tertiary alicyclic amines) is 1. The van der Waals surface area contributed by atoms with Crippen molar-refractivity contribution in [3.8, 4) is 0 Å². The van der Waals surface area contributed by atoms with Crippen LogP contribution in [0.15, 0.2) is 0 Å². The van der Waals surface area contributed by atoms with Crippen molar-refractivity contribution in [2.45, 2.75) is 57.9 Å². The van der Waals surface area contributed by atoms with E-state index in [2.05, 4.69) is 19.2 Å². The van der Waals surface area contributed by atoms with Crippen LogP contribution in [0.2, 0.25) is 0 Å². The van der Waals surface area contributed by atoms with Crippen molar-refractivity contribution < 1.29 is 14.7 Å². The Hall–Kier alpha value is -1.26. The van der Waals surface area contributed by atoms with Crippen LogP contribution < -0.4 is 5.32 Å². The van der Waals surface area contributed by atoms with Crippen LogP contribution in [-0.2, 0) is 4.79 Å². The van der Waals surface area contributed by atoms with E-state index in [0.717, 1.165) is 32.2 Å². The molecule has 0 bridgehead atoms. The molecule has 0 aromatic carbocycles. The topological polar surface area (TPSA) is 69.6 Å². The average molecular weight is 268 g/mol. The number of carbonyl (C=O) groups excluding carboxylic acids is 1. The monoisotopic (exact) mass is 268 g/mol. The summed E-state index contributed by atoms with van der Waals surface area (Å²) < 4.78 is 0. The van der Waals surface area contributed by atoms with Crippen LogP contribution in [0, 0.1) is 5.41 Å². The molecule has 0 spiro atoms. The molecule has 5 heteroatoms. The average Bonchev–Trinajstić information content (AvgIpc) is 2.93. The molecule has 0 radical (unpaired) electrons. The summed E-state index contributed by atoms with van der Waals surface area (Å²) in [5, 5.41) is 12.2. The van der Waals surface area contributed by atoms with Crippen molar-refractivity contribution in [2.75, 3.05) is 13.1 Å². The van der Waals surface area contributed by atoms with Gasteiger partial charge >= 0.3 is 12.0 Å². The molecule has 0 unspecified atom stereocenters. The number of carboxylic acid groups (broad SMARTS) is 1. The van der Waals surface area contributed by atoms with Crippen molar-refractivity contribution in [3.05, 3.63) is 0 Å². The first-order valence-electron chi connectivity index (χ1n) is 7.16. The van der Waals surface area contributed by atoms with Crippen molar-refractivity contribution in [2.24, 2.45) is 5.41 Å². The minimum Gasteiger partial charge on any atom is -0.481 e. The zero-order chi connectivity index (χ0) is 14.1. The van der Waals surface area contributed by atoms with Crippen molar-refractivity contribution >= 4 is 12.0 Å². The molecule has 2 fully saturated rings. The first-order valence-corrected chi connectivity index (χ1v) is 7.16. The lowest BCUT2D eigenvalue weighted by molar-refractivity contribution is -0.148. The summed E-state index contributed by atoms with van der Waals surface area (Å²) in [5.74, 6) is -0.772. The highest BCUT2D eigenvalue weighted by molar-refractivity contribution is 5.79. The van der Waals surface area contributed by atoms with Gasteiger partial charge in [-0.25, -0.2) is 4.79 Å². The lowest BCUT2D eigenvalue weighted by Crippen LogP contribution is -2.51. The molecule has 2 amide bonds. The van der Waals surface area contributed by atoms with E-state index in [0.29, 0.717) is 12.8 Å². The molecule has 2 rings (SSSR count). The van der Waals surface area contributed by atoms with Gasteiger partial charge in [0.25, 0.3) is 0 Å². The van der Waals surface area contributed by atoms with Gasteiger partial charge in [-0.1, -0.05) is 12.8 Å². The van der Waals surface area contributed by atoms with Gasteiger partial charge in [0.1, 0.15) is 0 Å². The van der Waals surface area contributed by atoms with Crippen molar-refractivity contribution in [3.63, 3.8) is 0 Å². The van der Waals surface area contributed by atoms with Crippen molar-refractivity contribution in [1.82, 2.24) is 10.2 Å². The fraction of sp³-hybridized carbons (Fsp3) is 0.857. The highest BCUT2D eigenvalue weighted by atomic mass is 16.4. The van der Waals surface area contributed by atoms with Gasteiger partial charge in [0.15, 0.2) is 0 Å². The van der Waals surface area contributed by atoms with E-state index in [1.165, 1.54) is 0 Å². The Morgan fingerprint density at radius 3 is 2.26 bits per heavy atom. The van der Waals surface area contributed by atoms with Gasteiger partial charge in [-0.15, -0.1) is 0 Å². The normalized spacial score (nSPS) is 24.4. The van der Waals surface area contributed by atoms with Gasteiger partial charge in [0, 0.05) is 18.6 Å². The molecule has 0 aromatic rings. The number of carboxylic acids is 1. The standard InChI is InChI=1S/C14H24N2O3/c1-13(2)6-5-9-16(13)12(19)15-10-14(11(17)18)7-3-4-8-14/h3-10H2,1-2H3,(H,15,19)(H,17,18). The van der Waals surface area contributed by atoms with E-state index in [-0.39, 0.29) is 18.1 Å². The Morgan fingerprint density at radius 1 is 1.16 bits per heavy atom. The zero-order valence-corrected chi connectivity index (χ0v) is 11.9. The molecule has 108 valence electrons. The number of rotatable bonds is 3. The van der Waals surface area contributed by atoms with Crippen LogP contribution in [0.4, 0.5) is 4.79 Å². The maximum absolute atomic E-state index is 12.2. The first-order chi connectivity index (χ1) is 8.87. The van der Waals surface area contributed by atoms with E-state index in [1.807, 2.05) is 4.90 Å². The highest BCUT2D eigenvalue weighted by Gasteiger charge is 2.42. The number of nitrogens with one attached hydrogen (secondary N) is 1. The quantitative estimate of drug-likeness (QED) is 0.824. The van der Waals surface area contributed by atoms with E-state index in [1.54, 1.807) is 0 Å². The zero-order valence-electron chi connectivity index (χ0n) is 11.9. The number of urea groups is 1. The summed E-state index contributed by atoms with van der Waals surface area (Å²) in [6.45, 7) is 5.14. The third kappa shape index (κ3) is 2.69. The Balaban J connectivity index is 1.94. The number of aliphatic carboxylic acids is 1. The number of hydrogen-bond acceptors (Lipinski definition) is 2. The maximum Gasteiger partial charge on any atom is 0.317 e. The van der Waals surface area contributed by atoms with Gasteiger partial charge in [-0.05, 0) is 39.5 Å². The van der Waals surface area contributed by atoms with E-state index >= 15 is 0 Å². The molecule has 19 heavy (non-hydrogen) atoms. The Bertz CT molecular complexity index is 373. The molecule has 2 N–H and O–H groups in total. The van der Waals surface area contributed by atoms with Gasteiger partial charge in [-0.3, -0.25) is 4.79 Å². The van der Waals surface area contributed by atoms with Gasteiger partial charge in [0.2, 0.25) is 0 Å².